The van der Waals surface area contributed by atoms with Crippen LogP contribution in [0.3, 0.4) is 0 Å². The van der Waals surface area contributed by atoms with Crippen LogP contribution in [0.4, 0.5) is 5.69 Å². The summed E-state index contributed by atoms with van der Waals surface area (Å²) in [5.41, 5.74) is 2.08. The molecule has 1 aromatic heterocycles. The van der Waals surface area contributed by atoms with Crippen molar-refractivity contribution in [3.8, 4) is 11.4 Å². The molecule has 0 aliphatic carbocycles. The minimum absolute atomic E-state index is 0.0147. The maximum Gasteiger partial charge on any atom is 0.262 e. The minimum Gasteiger partial charge on any atom is -0.491 e. The van der Waals surface area contributed by atoms with E-state index < -0.39 is 0 Å². The molecule has 0 radical (unpaired) electrons. The number of ether oxygens (including phenoxy) is 2. The summed E-state index contributed by atoms with van der Waals surface area (Å²) in [4.78, 5) is 18.1. The maximum absolute atomic E-state index is 13.3. The van der Waals surface area contributed by atoms with Crippen molar-refractivity contribution in [2.75, 3.05) is 51.3 Å². The Labute approximate surface area is 214 Å². The molecule has 5 rings (SSSR count). The van der Waals surface area contributed by atoms with Gasteiger partial charge in [-0.05, 0) is 92.2 Å². The van der Waals surface area contributed by atoms with Crippen LogP contribution >= 0.6 is 0 Å². The highest BCUT2D eigenvalue weighted by atomic mass is 16.5. The van der Waals surface area contributed by atoms with E-state index in [-0.39, 0.29) is 11.7 Å². The van der Waals surface area contributed by atoms with Gasteiger partial charge in [-0.15, -0.1) is 0 Å². The monoisotopic (exact) mass is 489 g/mol. The molecule has 6 heteroatoms. The molecule has 0 N–H and O–H groups in total. The molecular formula is C30H39N3O3. The van der Waals surface area contributed by atoms with Crippen molar-refractivity contribution in [2.24, 2.45) is 11.8 Å². The minimum atomic E-state index is -0.0147. The van der Waals surface area contributed by atoms with Gasteiger partial charge in [0.15, 0.2) is 0 Å². The van der Waals surface area contributed by atoms with Crippen LogP contribution in [0.25, 0.3) is 16.5 Å². The highest BCUT2D eigenvalue weighted by Crippen LogP contribution is 2.31. The number of nitrogens with zero attached hydrogens (tertiary/aromatic N) is 3. The van der Waals surface area contributed by atoms with Gasteiger partial charge in [-0.2, -0.15) is 0 Å². The summed E-state index contributed by atoms with van der Waals surface area (Å²) in [6.07, 6.45) is 5.44. The van der Waals surface area contributed by atoms with E-state index in [1.807, 2.05) is 42.6 Å². The molecule has 36 heavy (non-hydrogen) atoms. The molecule has 1 unspecified atom stereocenters. The summed E-state index contributed by atoms with van der Waals surface area (Å²) in [5.74, 6) is 1.97. The fraction of sp³-hybridized carbons (Fsp3) is 0.500. The third-order valence-corrected chi connectivity index (χ3v) is 8.14. The molecule has 2 aliphatic rings. The second-order valence-electron chi connectivity index (χ2n) is 10.5. The average Bonchev–Trinajstić information content (AvgIpc) is 3.27. The van der Waals surface area contributed by atoms with Crippen molar-refractivity contribution >= 4 is 16.5 Å². The van der Waals surface area contributed by atoms with Gasteiger partial charge >= 0.3 is 0 Å². The van der Waals surface area contributed by atoms with E-state index in [4.69, 9.17) is 9.47 Å². The van der Waals surface area contributed by atoms with E-state index in [0.717, 1.165) is 62.5 Å². The molecule has 3 heterocycles. The predicted molar refractivity (Wildman–Crippen MR) is 147 cm³/mol. The summed E-state index contributed by atoms with van der Waals surface area (Å²) in [6, 6.07) is 16.1. The largest absolute Gasteiger partial charge is 0.491 e. The van der Waals surface area contributed by atoms with E-state index in [1.54, 1.807) is 4.57 Å². The Morgan fingerprint density at radius 2 is 1.83 bits per heavy atom. The molecule has 3 aromatic rings. The molecule has 192 valence electrons. The highest BCUT2D eigenvalue weighted by molar-refractivity contribution is 5.83. The molecule has 0 bridgehead atoms. The van der Waals surface area contributed by atoms with Gasteiger partial charge in [0.05, 0.1) is 6.10 Å². The normalized spacial score (nSPS) is 22.0. The SMILES string of the molecule is CC[C@@H](C)C1CCO[C@@H]1COc1ccc2c(=O)n(-c3ccc(N4CCCN(C)CC4)cc3)ccc2c1. The Hall–Kier alpha value is -2.83. The average molecular weight is 490 g/mol. The standard InChI is InChI=1S/C30H39N3O3/c1-4-22(2)27-13-19-35-29(27)21-36-26-10-11-28-23(20-26)12-16-33(30(28)34)25-8-6-24(7-9-25)32-15-5-14-31(3)17-18-32/h6-12,16,20,22,27,29H,4-5,13-15,17-19,21H2,1-3H3/t22-,27?,29-/m1/s1. The van der Waals surface area contributed by atoms with Crippen LogP contribution in [-0.2, 0) is 4.74 Å². The van der Waals surface area contributed by atoms with Crippen molar-refractivity contribution in [1.29, 1.82) is 0 Å². The topological polar surface area (TPSA) is 46.9 Å². The zero-order chi connectivity index (χ0) is 25.1. The summed E-state index contributed by atoms with van der Waals surface area (Å²) in [6.45, 7) is 10.2. The summed E-state index contributed by atoms with van der Waals surface area (Å²) < 4.78 is 13.8. The molecule has 0 spiro atoms. The van der Waals surface area contributed by atoms with Crippen LogP contribution in [-0.4, -0.2) is 62.0 Å². The van der Waals surface area contributed by atoms with Crippen molar-refractivity contribution < 1.29 is 9.47 Å². The van der Waals surface area contributed by atoms with Crippen LogP contribution in [0.15, 0.2) is 59.5 Å². The fourth-order valence-electron chi connectivity index (χ4n) is 5.62. The lowest BCUT2D eigenvalue weighted by Gasteiger charge is -2.23. The van der Waals surface area contributed by atoms with Gasteiger partial charge in [0.25, 0.3) is 5.56 Å². The van der Waals surface area contributed by atoms with E-state index in [1.165, 1.54) is 12.1 Å². The van der Waals surface area contributed by atoms with Gasteiger partial charge in [0, 0.05) is 49.2 Å². The van der Waals surface area contributed by atoms with Crippen LogP contribution in [0, 0.1) is 11.8 Å². The van der Waals surface area contributed by atoms with Crippen LogP contribution in [0.2, 0.25) is 0 Å². The Bertz CT molecular complexity index is 1220. The van der Waals surface area contributed by atoms with Gasteiger partial charge in [-0.3, -0.25) is 9.36 Å². The molecular weight excluding hydrogens is 450 g/mol. The highest BCUT2D eigenvalue weighted by Gasteiger charge is 2.32. The number of pyridine rings is 1. The van der Waals surface area contributed by atoms with Crippen LogP contribution in [0.1, 0.15) is 33.1 Å². The number of likely N-dealkylation sites (N-methyl/N-ethyl adjacent to an activating group) is 1. The van der Waals surface area contributed by atoms with E-state index in [9.17, 15) is 4.79 Å². The predicted octanol–water partition coefficient (Wildman–Crippen LogP) is 4.96. The van der Waals surface area contributed by atoms with Crippen molar-refractivity contribution in [3.05, 3.63) is 65.1 Å². The number of fused-ring (bicyclic) bond motifs is 1. The first-order valence-electron chi connectivity index (χ1n) is 13.5. The number of rotatable bonds is 7. The summed E-state index contributed by atoms with van der Waals surface area (Å²) in [5, 5.41) is 1.59. The first kappa shape index (κ1) is 24.8. The van der Waals surface area contributed by atoms with Gasteiger partial charge in [-0.1, -0.05) is 20.3 Å². The first-order chi connectivity index (χ1) is 17.5. The Kier molecular flexibility index (Phi) is 7.63. The lowest BCUT2D eigenvalue weighted by molar-refractivity contribution is 0.0368. The zero-order valence-electron chi connectivity index (χ0n) is 21.9. The second-order valence-corrected chi connectivity index (χ2v) is 10.5. The summed E-state index contributed by atoms with van der Waals surface area (Å²) >= 11 is 0. The molecule has 2 fully saturated rings. The van der Waals surface area contributed by atoms with Gasteiger partial charge in [0.2, 0.25) is 0 Å². The third-order valence-electron chi connectivity index (χ3n) is 8.14. The molecule has 3 atom stereocenters. The quantitative estimate of drug-likeness (QED) is 0.469. The van der Waals surface area contributed by atoms with Gasteiger partial charge in [0.1, 0.15) is 12.4 Å². The van der Waals surface area contributed by atoms with E-state index in [0.29, 0.717) is 23.8 Å². The molecule has 0 amide bonds. The van der Waals surface area contributed by atoms with Crippen molar-refractivity contribution in [1.82, 2.24) is 9.47 Å². The number of benzene rings is 2. The van der Waals surface area contributed by atoms with Crippen molar-refractivity contribution in [2.45, 2.75) is 39.2 Å². The number of aromatic nitrogens is 1. The summed E-state index contributed by atoms with van der Waals surface area (Å²) in [7, 11) is 2.18. The number of anilines is 1. The van der Waals surface area contributed by atoms with Gasteiger partial charge < -0.3 is 19.3 Å². The molecule has 2 aromatic carbocycles. The lowest BCUT2D eigenvalue weighted by Crippen LogP contribution is -2.28. The smallest absolute Gasteiger partial charge is 0.262 e. The number of hydrogen-bond acceptors (Lipinski definition) is 5. The Morgan fingerprint density at radius 1 is 1.03 bits per heavy atom. The molecule has 0 saturated carbocycles. The maximum atomic E-state index is 13.3. The molecule has 2 saturated heterocycles. The molecule has 2 aliphatic heterocycles. The third kappa shape index (κ3) is 5.30. The number of hydrogen-bond donors (Lipinski definition) is 0. The van der Waals surface area contributed by atoms with E-state index in [2.05, 4.69) is 42.8 Å². The first-order valence-corrected chi connectivity index (χ1v) is 13.5. The zero-order valence-corrected chi connectivity index (χ0v) is 21.9. The van der Waals surface area contributed by atoms with Gasteiger partial charge in [-0.25, -0.2) is 0 Å². The lowest BCUT2D eigenvalue weighted by atomic mass is 9.86. The Balaban J connectivity index is 1.30. The van der Waals surface area contributed by atoms with Crippen molar-refractivity contribution in [3.63, 3.8) is 0 Å². The van der Waals surface area contributed by atoms with Crippen LogP contribution < -0.4 is 15.2 Å². The second kappa shape index (κ2) is 11.1. The molecule has 6 nitrogen and oxygen atoms in total. The fourth-order valence-corrected chi connectivity index (χ4v) is 5.62. The van der Waals surface area contributed by atoms with E-state index >= 15 is 0 Å². The Morgan fingerprint density at radius 3 is 2.64 bits per heavy atom. The van der Waals surface area contributed by atoms with Crippen LogP contribution in [0.5, 0.6) is 5.75 Å².